The van der Waals surface area contributed by atoms with Gasteiger partial charge in [-0.15, -0.1) is 0 Å². The molecule has 0 spiro atoms. The molecule has 2 aliphatic heterocycles. The van der Waals surface area contributed by atoms with Gasteiger partial charge in [-0.1, -0.05) is 24.6 Å². The summed E-state index contributed by atoms with van der Waals surface area (Å²) in [6.07, 6.45) is 2.06. The van der Waals surface area contributed by atoms with Crippen LogP contribution < -0.4 is 0 Å². The molecule has 0 saturated carbocycles. The Kier molecular flexibility index (Phi) is 4.73. The minimum absolute atomic E-state index is 0.0191. The van der Waals surface area contributed by atoms with Crippen molar-refractivity contribution in [3.63, 3.8) is 0 Å². The molecule has 0 radical (unpaired) electrons. The van der Waals surface area contributed by atoms with Crippen molar-refractivity contribution in [3.05, 3.63) is 40.3 Å². The summed E-state index contributed by atoms with van der Waals surface area (Å²) in [7, 11) is -6.90. The fraction of sp³-hybridized carbons (Fsp3) is 0.579. The third-order valence-electron chi connectivity index (χ3n) is 6.09. The third kappa shape index (κ3) is 3.06. The largest absolute Gasteiger partial charge is 0.243 e. The lowest BCUT2D eigenvalue weighted by atomic mass is 9.80. The average molecular weight is 411 g/mol. The SMILES string of the molecule is CCCN1CC2=C(CCC3CN(S(=O)(=O)c4ccc(C)cc4)CC23)S1(=O)=O. The van der Waals surface area contributed by atoms with Crippen LogP contribution in [0.5, 0.6) is 0 Å². The Morgan fingerprint density at radius 2 is 1.85 bits per heavy atom. The van der Waals surface area contributed by atoms with Gasteiger partial charge in [-0.05, 0) is 49.8 Å². The Morgan fingerprint density at radius 1 is 1.15 bits per heavy atom. The Labute approximate surface area is 162 Å². The minimum atomic E-state index is -3.55. The van der Waals surface area contributed by atoms with E-state index in [1.54, 1.807) is 20.7 Å². The van der Waals surface area contributed by atoms with E-state index in [9.17, 15) is 16.8 Å². The predicted molar refractivity (Wildman–Crippen MR) is 104 cm³/mol. The van der Waals surface area contributed by atoms with Crippen molar-refractivity contribution in [1.82, 2.24) is 8.61 Å². The molecule has 4 rings (SSSR count). The quantitative estimate of drug-likeness (QED) is 0.764. The summed E-state index contributed by atoms with van der Waals surface area (Å²) in [5, 5.41) is 0. The standard InChI is InChI=1S/C19H26N2O4S2/c1-3-10-20-13-18-17-12-21(11-15(17)6-9-19(18)27(20,24)25)26(22,23)16-7-4-14(2)5-8-16/h4-5,7-8,15,17H,3,6,9-13H2,1-2H3. The second-order valence-electron chi connectivity index (χ2n) is 7.83. The van der Waals surface area contributed by atoms with Crippen molar-refractivity contribution in [1.29, 1.82) is 0 Å². The van der Waals surface area contributed by atoms with E-state index in [0.717, 1.165) is 24.0 Å². The van der Waals surface area contributed by atoms with Crippen molar-refractivity contribution in [2.75, 3.05) is 26.2 Å². The van der Waals surface area contributed by atoms with Gasteiger partial charge >= 0.3 is 0 Å². The zero-order valence-electron chi connectivity index (χ0n) is 15.8. The maximum atomic E-state index is 13.1. The van der Waals surface area contributed by atoms with E-state index in [-0.39, 0.29) is 11.8 Å². The van der Waals surface area contributed by atoms with Crippen molar-refractivity contribution < 1.29 is 16.8 Å². The van der Waals surface area contributed by atoms with Crippen LogP contribution in [0.4, 0.5) is 0 Å². The highest BCUT2D eigenvalue weighted by Gasteiger charge is 2.49. The monoisotopic (exact) mass is 410 g/mol. The molecule has 27 heavy (non-hydrogen) atoms. The summed E-state index contributed by atoms with van der Waals surface area (Å²) in [6.45, 7) is 5.72. The van der Waals surface area contributed by atoms with Crippen molar-refractivity contribution in [3.8, 4) is 0 Å². The number of rotatable bonds is 4. The molecule has 1 saturated heterocycles. The fourth-order valence-corrected chi connectivity index (χ4v) is 8.13. The summed E-state index contributed by atoms with van der Waals surface area (Å²) in [5.74, 6) is 0.228. The number of aryl methyl sites for hydroxylation is 1. The molecule has 8 heteroatoms. The summed E-state index contributed by atoms with van der Waals surface area (Å²) in [6, 6.07) is 6.92. The summed E-state index contributed by atoms with van der Waals surface area (Å²) in [5.41, 5.74) is 1.98. The Hall–Kier alpha value is -1.22. The lowest BCUT2D eigenvalue weighted by Gasteiger charge is -2.24. The summed E-state index contributed by atoms with van der Waals surface area (Å²) >= 11 is 0. The molecule has 0 amide bonds. The van der Waals surface area contributed by atoms with Crippen LogP contribution >= 0.6 is 0 Å². The molecule has 0 bridgehead atoms. The van der Waals surface area contributed by atoms with E-state index in [0.29, 0.717) is 42.4 Å². The van der Waals surface area contributed by atoms with E-state index in [2.05, 4.69) is 0 Å². The van der Waals surface area contributed by atoms with Crippen molar-refractivity contribution in [2.45, 2.75) is 38.0 Å². The van der Waals surface area contributed by atoms with Crippen LogP contribution in [-0.4, -0.2) is 51.6 Å². The lowest BCUT2D eigenvalue weighted by Crippen LogP contribution is -2.30. The van der Waals surface area contributed by atoms with Gasteiger partial charge in [-0.3, -0.25) is 0 Å². The maximum Gasteiger partial charge on any atom is 0.243 e. The molecular weight excluding hydrogens is 384 g/mol. The van der Waals surface area contributed by atoms with E-state index < -0.39 is 20.0 Å². The summed E-state index contributed by atoms with van der Waals surface area (Å²) in [4.78, 5) is 0.874. The second-order valence-corrected chi connectivity index (χ2v) is 11.7. The van der Waals surface area contributed by atoms with Crippen LogP contribution in [0.15, 0.2) is 39.6 Å². The second kappa shape index (κ2) is 6.69. The lowest BCUT2D eigenvalue weighted by molar-refractivity contribution is 0.392. The fourth-order valence-electron chi connectivity index (χ4n) is 4.64. The number of benzene rings is 1. The van der Waals surface area contributed by atoms with Crippen LogP contribution in [0.25, 0.3) is 0 Å². The molecule has 3 aliphatic rings. The normalized spacial score (nSPS) is 28.4. The van der Waals surface area contributed by atoms with Gasteiger partial charge < -0.3 is 0 Å². The number of nitrogens with zero attached hydrogens (tertiary/aromatic N) is 2. The molecule has 0 N–H and O–H groups in total. The highest BCUT2D eigenvalue weighted by Crippen LogP contribution is 2.46. The van der Waals surface area contributed by atoms with Crippen LogP contribution in [-0.2, 0) is 20.0 Å². The van der Waals surface area contributed by atoms with Crippen LogP contribution in [0.1, 0.15) is 31.7 Å². The van der Waals surface area contributed by atoms with Gasteiger partial charge in [0.15, 0.2) is 0 Å². The van der Waals surface area contributed by atoms with Gasteiger partial charge in [0.1, 0.15) is 0 Å². The molecule has 2 atom stereocenters. The molecule has 0 aromatic heterocycles. The number of sulfonamides is 2. The number of hydrogen-bond donors (Lipinski definition) is 0. The average Bonchev–Trinajstić information content (AvgIpc) is 3.16. The molecule has 1 aliphatic carbocycles. The van der Waals surface area contributed by atoms with E-state index in [4.69, 9.17) is 0 Å². The van der Waals surface area contributed by atoms with E-state index >= 15 is 0 Å². The van der Waals surface area contributed by atoms with E-state index in [1.807, 2.05) is 26.0 Å². The zero-order valence-corrected chi connectivity index (χ0v) is 17.4. The van der Waals surface area contributed by atoms with Crippen molar-refractivity contribution >= 4 is 20.0 Å². The van der Waals surface area contributed by atoms with E-state index in [1.165, 1.54) is 0 Å². The Balaban J connectivity index is 1.62. The Morgan fingerprint density at radius 3 is 2.52 bits per heavy atom. The molecule has 6 nitrogen and oxygen atoms in total. The highest BCUT2D eigenvalue weighted by atomic mass is 32.2. The van der Waals surface area contributed by atoms with Gasteiger partial charge in [-0.2, -0.15) is 8.61 Å². The number of fused-ring (bicyclic) bond motifs is 2. The zero-order chi connectivity index (χ0) is 19.4. The summed E-state index contributed by atoms with van der Waals surface area (Å²) < 4.78 is 54.8. The topological polar surface area (TPSA) is 74.8 Å². The van der Waals surface area contributed by atoms with Crippen LogP contribution in [0.2, 0.25) is 0 Å². The maximum absolute atomic E-state index is 13.1. The van der Waals surface area contributed by atoms with Gasteiger partial charge in [0.25, 0.3) is 0 Å². The molecule has 2 heterocycles. The Bertz CT molecular complexity index is 981. The van der Waals surface area contributed by atoms with Crippen LogP contribution in [0.3, 0.4) is 0 Å². The molecular formula is C19H26N2O4S2. The van der Waals surface area contributed by atoms with Gasteiger partial charge in [-0.25, -0.2) is 16.8 Å². The molecule has 1 aromatic carbocycles. The number of hydrogen-bond acceptors (Lipinski definition) is 4. The highest BCUT2D eigenvalue weighted by molar-refractivity contribution is 7.93. The van der Waals surface area contributed by atoms with Gasteiger partial charge in [0, 0.05) is 32.1 Å². The number of allylic oxidation sites excluding steroid dienone is 1. The van der Waals surface area contributed by atoms with Gasteiger partial charge in [0.2, 0.25) is 20.0 Å². The van der Waals surface area contributed by atoms with Crippen LogP contribution in [0, 0.1) is 18.8 Å². The molecule has 1 aromatic rings. The first-order valence-corrected chi connectivity index (χ1v) is 12.4. The molecule has 2 unspecified atom stereocenters. The first kappa shape index (κ1) is 19.1. The minimum Gasteiger partial charge on any atom is -0.207 e. The van der Waals surface area contributed by atoms with Crippen molar-refractivity contribution in [2.24, 2.45) is 11.8 Å². The first-order valence-electron chi connectivity index (χ1n) is 9.54. The third-order valence-corrected chi connectivity index (χ3v) is 10.0. The smallest absolute Gasteiger partial charge is 0.207 e. The predicted octanol–water partition coefficient (Wildman–Crippen LogP) is 2.34. The first-order chi connectivity index (χ1) is 12.7. The van der Waals surface area contributed by atoms with Gasteiger partial charge in [0.05, 0.1) is 9.80 Å². The molecule has 1 fully saturated rings. The molecule has 148 valence electrons.